The number of rotatable bonds is 9. The Labute approximate surface area is 218 Å². The molecule has 1 aromatic heterocycles. The second-order valence-corrected chi connectivity index (χ2v) is 10.7. The zero-order chi connectivity index (χ0) is 26.1. The monoisotopic (exact) mass is 503 g/mol. The SMILES string of the molecule is COCCCNC(=O)c1noc(-c2cc(C(C)C)c(C3CC3)cc2O)c1-c1ccc2c(c1)CCN(C)C2. The topological polar surface area (TPSA) is 87.8 Å². The largest absolute Gasteiger partial charge is 0.507 e. The van der Waals surface area contributed by atoms with Gasteiger partial charge in [-0.05, 0) is 84.5 Å². The van der Waals surface area contributed by atoms with E-state index in [2.05, 4.69) is 48.4 Å². The lowest BCUT2D eigenvalue weighted by molar-refractivity contribution is 0.0940. The van der Waals surface area contributed by atoms with Gasteiger partial charge in [0.05, 0.1) is 11.1 Å². The van der Waals surface area contributed by atoms with Crippen LogP contribution in [0.25, 0.3) is 22.5 Å². The summed E-state index contributed by atoms with van der Waals surface area (Å²) >= 11 is 0. The van der Waals surface area contributed by atoms with Gasteiger partial charge >= 0.3 is 0 Å². The van der Waals surface area contributed by atoms with Gasteiger partial charge in [-0.1, -0.05) is 37.2 Å². The number of likely N-dealkylation sites (N-methyl/N-ethyl adjacent to an activating group) is 1. The summed E-state index contributed by atoms with van der Waals surface area (Å²) in [7, 11) is 3.77. The number of phenolic OH excluding ortho intramolecular Hbond substituents is 1. The van der Waals surface area contributed by atoms with Gasteiger partial charge < -0.3 is 24.6 Å². The molecular weight excluding hydrogens is 466 g/mol. The van der Waals surface area contributed by atoms with Crippen molar-refractivity contribution in [3.05, 3.63) is 58.3 Å². The quantitative estimate of drug-likeness (QED) is 0.377. The maximum Gasteiger partial charge on any atom is 0.274 e. The molecule has 0 spiro atoms. The number of nitrogens with zero attached hydrogens (tertiary/aromatic N) is 2. The summed E-state index contributed by atoms with van der Waals surface area (Å²) in [4.78, 5) is 15.6. The lowest BCUT2D eigenvalue weighted by Crippen LogP contribution is -2.26. The van der Waals surface area contributed by atoms with Crippen LogP contribution in [0.4, 0.5) is 0 Å². The summed E-state index contributed by atoms with van der Waals surface area (Å²) in [5.41, 5.74) is 7.28. The van der Waals surface area contributed by atoms with Crippen LogP contribution in [0, 0.1) is 0 Å². The van der Waals surface area contributed by atoms with E-state index in [1.807, 2.05) is 18.2 Å². The Hall–Kier alpha value is -3.16. The van der Waals surface area contributed by atoms with E-state index < -0.39 is 0 Å². The second kappa shape index (κ2) is 10.7. The number of aromatic hydroxyl groups is 1. The molecular formula is C30H37N3O4. The van der Waals surface area contributed by atoms with E-state index in [0.717, 1.165) is 37.9 Å². The van der Waals surface area contributed by atoms with E-state index in [0.29, 0.717) is 48.3 Å². The predicted molar refractivity (Wildman–Crippen MR) is 144 cm³/mol. The number of ether oxygens (including phenoxy) is 1. The van der Waals surface area contributed by atoms with Crippen LogP contribution in [-0.4, -0.2) is 54.9 Å². The van der Waals surface area contributed by atoms with Crippen LogP contribution >= 0.6 is 0 Å². The molecule has 1 fully saturated rings. The van der Waals surface area contributed by atoms with Crippen molar-refractivity contribution < 1.29 is 19.2 Å². The third kappa shape index (κ3) is 5.29. The van der Waals surface area contributed by atoms with Crippen molar-refractivity contribution in [1.82, 2.24) is 15.4 Å². The van der Waals surface area contributed by atoms with Gasteiger partial charge in [0, 0.05) is 33.4 Å². The molecule has 0 atom stereocenters. The Morgan fingerprint density at radius 2 is 2.05 bits per heavy atom. The number of fused-ring (bicyclic) bond motifs is 1. The number of aromatic nitrogens is 1. The van der Waals surface area contributed by atoms with Crippen LogP contribution in [-0.2, 0) is 17.7 Å². The summed E-state index contributed by atoms with van der Waals surface area (Å²) in [5, 5.41) is 18.3. The van der Waals surface area contributed by atoms with Gasteiger partial charge in [0.25, 0.3) is 5.91 Å². The Morgan fingerprint density at radius 1 is 1.24 bits per heavy atom. The third-order valence-corrected chi connectivity index (χ3v) is 7.50. The molecule has 7 heteroatoms. The molecule has 0 radical (unpaired) electrons. The minimum Gasteiger partial charge on any atom is -0.507 e. The number of amides is 1. The molecule has 1 amide bonds. The summed E-state index contributed by atoms with van der Waals surface area (Å²) in [6.07, 6.45) is 3.96. The standard InChI is InChI=1S/C30H37N3O4/c1-18(2)23-15-25(26(34)16-24(23)19-6-7-19)29-27(28(32-37-29)30(35)31-11-5-13-36-4)21-8-9-22-17-33(3)12-10-20(22)14-21/h8-9,14-16,18-19,34H,5-7,10-13,17H2,1-4H3,(H,31,35). The molecule has 1 saturated carbocycles. The second-order valence-electron chi connectivity index (χ2n) is 10.7. The first-order chi connectivity index (χ1) is 17.9. The van der Waals surface area contributed by atoms with Crippen LogP contribution < -0.4 is 5.32 Å². The first-order valence-corrected chi connectivity index (χ1v) is 13.3. The molecule has 2 N–H and O–H groups in total. The number of carbonyl (C=O) groups is 1. The lowest BCUT2D eigenvalue weighted by atomic mass is 9.89. The van der Waals surface area contributed by atoms with Gasteiger partial charge in [-0.2, -0.15) is 0 Å². The van der Waals surface area contributed by atoms with Crippen LogP contribution in [0.5, 0.6) is 5.75 Å². The normalized spacial score (nSPS) is 15.7. The lowest BCUT2D eigenvalue weighted by Gasteiger charge is -2.25. The highest BCUT2D eigenvalue weighted by Crippen LogP contribution is 2.48. The van der Waals surface area contributed by atoms with E-state index in [4.69, 9.17) is 9.26 Å². The van der Waals surface area contributed by atoms with Gasteiger partial charge in [-0.25, -0.2) is 0 Å². The number of nitrogens with one attached hydrogen (secondary N) is 1. The van der Waals surface area contributed by atoms with Crippen molar-refractivity contribution in [1.29, 1.82) is 0 Å². The molecule has 1 aliphatic carbocycles. The highest BCUT2D eigenvalue weighted by molar-refractivity contribution is 6.02. The van der Waals surface area contributed by atoms with E-state index in [-0.39, 0.29) is 17.4 Å². The Bertz CT molecular complexity index is 1290. The number of carbonyl (C=O) groups excluding carboxylic acids is 1. The van der Waals surface area contributed by atoms with Crippen molar-refractivity contribution in [3.8, 4) is 28.2 Å². The number of hydrogen-bond acceptors (Lipinski definition) is 6. The maximum atomic E-state index is 13.2. The molecule has 196 valence electrons. The molecule has 2 aromatic carbocycles. The van der Waals surface area contributed by atoms with Crippen molar-refractivity contribution >= 4 is 5.91 Å². The smallest absolute Gasteiger partial charge is 0.274 e. The summed E-state index contributed by atoms with van der Waals surface area (Å²) in [6.45, 7) is 7.27. The minimum atomic E-state index is -0.295. The zero-order valence-corrected chi connectivity index (χ0v) is 22.3. The van der Waals surface area contributed by atoms with Crippen LogP contribution in [0.3, 0.4) is 0 Å². The molecule has 2 heterocycles. The van der Waals surface area contributed by atoms with Gasteiger partial charge in [0.2, 0.25) is 0 Å². The zero-order valence-electron chi connectivity index (χ0n) is 22.3. The molecule has 2 aliphatic rings. The number of benzene rings is 2. The van der Waals surface area contributed by atoms with Crippen molar-refractivity contribution in [2.24, 2.45) is 0 Å². The molecule has 0 saturated heterocycles. The molecule has 3 aromatic rings. The van der Waals surface area contributed by atoms with Crippen LogP contribution in [0.15, 0.2) is 34.9 Å². The molecule has 0 bridgehead atoms. The number of phenols is 1. The molecule has 0 unspecified atom stereocenters. The summed E-state index contributed by atoms with van der Waals surface area (Å²) in [5.74, 6) is 1.10. The van der Waals surface area contributed by atoms with Gasteiger partial charge in [0.1, 0.15) is 5.75 Å². The van der Waals surface area contributed by atoms with Gasteiger partial charge in [-0.15, -0.1) is 0 Å². The van der Waals surface area contributed by atoms with E-state index in [9.17, 15) is 9.90 Å². The van der Waals surface area contributed by atoms with Crippen molar-refractivity contribution in [2.45, 2.75) is 57.9 Å². The fourth-order valence-corrected chi connectivity index (χ4v) is 5.30. The Balaban J connectivity index is 1.61. The maximum absolute atomic E-state index is 13.2. The molecule has 1 aliphatic heterocycles. The predicted octanol–water partition coefficient (Wildman–Crippen LogP) is 5.47. The van der Waals surface area contributed by atoms with Gasteiger partial charge in [0.15, 0.2) is 11.5 Å². The number of methoxy groups -OCH3 is 1. The Morgan fingerprint density at radius 3 is 2.78 bits per heavy atom. The number of hydrogen-bond donors (Lipinski definition) is 2. The highest BCUT2D eigenvalue weighted by atomic mass is 16.5. The minimum absolute atomic E-state index is 0.162. The van der Waals surface area contributed by atoms with E-state index >= 15 is 0 Å². The fraction of sp³-hybridized carbons (Fsp3) is 0.467. The first-order valence-electron chi connectivity index (χ1n) is 13.3. The average molecular weight is 504 g/mol. The van der Waals surface area contributed by atoms with E-state index in [1.165, 1.54) is 22.3 Å². The fourth-order valence-electron chi connectivity index (χ4n) is 5.30. The van der Waals surface area contributed by atoms with Crippen LogP contribution in [0.1, 0.15) is 77.7 Å². The van der Waals surface area contributed by atoms with Gasteiger partial charge in [-0.3, -0.25) is 4.79 Å². The average Bonchev–Trinajstić information content (AvgIpc) is 3.64. The highest BCUT2D eigenvalue weighted by Gasteiger charge is 2.31. The first kappa shape index (κ1) is 25.5. The van der Waals surface area contributed by atoms with E-state index in [1.54, 1.807) is 7.11 Å². The summed E-state index contributed by atoms with van der Waals surface area (Å²) in [6, 6.07) is 10.2. The third-order valence-electron chi connectivity index (χ3n) is 7.50. The van der Waals surface area contributed by atoms with Crippen molar-refractivity contribution in [2.75, 3.05) is 33.9 Å². The van der Waals surface area contributed by atoms with Crippen LogP contribution in [0.2, 0.25) is 0 Å². The van der Waals surface area contributed by atoms with Crippen molar-refractivity contribution in [3.63, 3.8) is 0 Å². The molecule has 7 nitrogen and oxygen atoms in total. The Kier molecular flexibility index (Phi) is 7.36. The molecule has 5 rings (SSSR count). The summed E-state index contributed by atoms with van der Waals surface area (Å²) < 4.78 is 11.0. The molecule has 37 heavy (non-hydrogen) atoms.